The molecule has 0 fully saturated rings. The van der Waals surface area contributed by atoms with Crippen LogP contribution in [0.5, 0.6) is 0 Å². The molecule has 0 aliphatic heterocycles. The molecule has 1 atom stereocenters. The largest absolute Gasteiger partial charge is 0.478 e. The highest BCUT2D eigenvalue weighted by Crippen LogP contribution is 2.25. The quantitative estimate of drug-likeness (QED) is 0.809. The highest BCUT2D eigenvalue weighted by molar-refractivity contribution is 5.93. The Morgan fingerprint density at radius 3 is 2.95 bits per heavy atom. The number of pyridine rings is 1. The minimum atomic E-state index is -0.958. The molecule has 0 bridgehead atoms. The van der Waals surface area contributed by atoms with E-state index in [2.05, 4.69) is 16.2 Å². The summed E-state index contributed by atoms with van der Waals surface area (Å²) in [5.41, 5.74) is 2.30. The van der Waals surface area contributed by atoms with E-state index in [1.54, 1.807) is 6.07 Å². The summed E-state index contributed by atoms with van der Waals surface area (Å²) in [6.45, 7) is 2.05. The maximum absolute atomic E-state index is 11.4. The molecule has 1 aliphatic rings. The van der Waals surface area contributed by atoms with Gasteiger partial charge in [-0.15, -0.1) is 6.42 Å². The lowest BCUT2D eigenvalue weighted by molar-refractivity contribution is 0.0697. The second-order valence-corrected chi connectivity index (χ2v) is 5.15. The number of anilines is 1. The van der Waals surface area contributed by atoms with Crippen LogP contribution < -0.4 is 5.32 Å². The van der Waals surface area contributed by atoms with Crippen molar-refractivity contribution in [2.45, 2.75) is 51.5 Å². The summed E-state index contributed by atoms with van der Waals surface area (Å²) in [5, 5.41) is 12.5. The minimum absolute atomic E-state index is 0.174. The second kappa shape index (κ2) is 6.42. The molecule has 4 nitrogen and oxygen atoms in total. The number of hydrogen-bond donors (Lipinski definition) is 2. The predicted molar refractivity (Wildman–Crippen MR) is 79.0 cm³/mol. The van der Waals surface area contributed by atoms with Gasteiger partial charge in [-0.3, -0.25) is 0 Å². The number of terminal acetylenes is 1. The number of aryl methyl sites for hydroxylation is 2. The lowest BCUT2D eigenvalue weighted by Gasteiger charge is -2.20. The van der Waals surface area contributed by atoms with Crippen molar-refractivity contribution in [3.8, 4) is 12.3 Å². The first-order valence-electron chi connectivity index (χ1n) is 7.14. The molecule has 106 valence electrons. The van der Waals surface area contributed by atoms with Crippen LogP contribution in [0.25, 0.3) is 0 Å². The van der Waals surface area contributed by atoms with Gasteiger partial charge in [-0.05, 0) is 43.7 Å². The molecule has 2 rings (SSSR count). The van der Waals surface area contributed by atoms with E-state index in [4.69, 9.17) is 6.42 Å². The zero-order valence-electron chi connectivity index (χ0n) is 11.8. The van der Waals surface area contributed by atoms with Gasteiger partial charge in [0.25, 0.3) is 0 Å². The maximum atomic E-state index is 11.4. The average molecular weight is 272 g/mol. The molecule has 1 unspecified atom stereocenters. The molecule has 1 aromatic rings. The summed E-state index contributed by atoms with van der Waals surface area (Å²) in [6.07, 6.45) is 11.3. The van der Waals surface area contributed by atoms with Crippen molar-refractivity contribution >= 4 is 11.8 Å². The Hall–Kier alpha value is -2.02. The van der Waals surface area contributed by atoms with Crippen LogP contribution in [0.2, 0.25) is 0 Å². The Morgan fingerprint density at radius 1 is 1.55 bits per heavy atom. The number of aromatic carboxylic acids is 1. The Labute approximate surface area is 119 Å². The highest BCUT2D eigenvalue weighted by atomic mass is 16.4. The predicted octanol–water partition coefficient (Wildman–Crippen LogP) is 2.87. The molecule has 0 aromatic carbocycles. The summed E-state index contributed by atoms with van der Waals surface area (Å²) in [5.74, 6) is 2.11. The summed E-state index contributed by atoms with van der Waals surface area (Å²) in [4.78, 5) is 15.9. The van der Waals surface area contributed by atoms with E-state index < -0.39 is 5.97 Å². The van der Waals surface area contributed by atoms with Crippen molar-refractivity contribution < 1.29 is 9.90 Å². The minimum Gasteiger partial charge on any atom is -0.478 e. The number of carboxylic acid groups (broad SMARTS) is 1. The van der Waals surface area contributed by atoms with Crippen molar-refractivity contribution in [1.29, 1.82) is 0 Å². The zero-order valence-corrected chi connectivity index (χ0v) is 11.8. The standard InChI is InChI=1S/C16H20N2O2/c1-3-7-12(4-2)17-15-13(16(19)20)10-11-8-5-6-9-14(11)18-15/h2,10,12H,3,5-9H2,1H3,(H,17,18)(H,19,20). The number of rotatable bonds is 5. The summed E-state index contributed by atoms with van der Waals surface area (Å²) < 4.78 is 0. The van der Waals surface area contributed by atoms with Gasteiger partial charge in [-0.1, -0.05) is 19.3 Å². The molecule has 1 aromatic heterocycles. The topological polar surface area (TPSA) is 62.2 Å². The van der Waals surface area contributed by atoms with Gasteiger partial charge in [0, 0.05) is 5.69 Å². The first kappa shape index (κ1) is 14.4. The van der Waals surface area contributed by atoms with E-state index in [0.717, 1.165) is 49.8 Å². The molecule has 0 saturated carbocycles. The number of hydrogen-bond acceptors (Lipinski definition) is 3. The lowest BCUT2D eigenvalue weighted by atomic mass is 9.94. The van der Waals surface area contributed by atoms with Crippen LogP contribution in [-0.4, -0.2) is 22.1 Å². The fourth-order valence-corrected chi connectivity index (χ4v) is 2.56. The molecule has 4 heteroatoms. The SMILES string of the molecule is C#CC(CCC)Nc1nc2c(cc1C(=O)O)CCCC2. The first-order chi connectivity index (χ1) is 9.65. The van der Waals surface area contributed by atoms with Crippen molar-refractivity contribution in [1.82, 2.24) is 4.98 Å². The van der Waals surface area contributed by atoms with E-state index in [1.165, 1.54) is 0 Å². The van der Waals surface area contributed by atoms with Gasteiger partial charge >= 0.3 is 5.97 Å². The van der Waals surface area contributed by atoms with Crippen molar-refractivity contribution in [2.75, 3.05) is 5.32 Å². The van der Waals surface area contributed by atoms with Gasteiger partial charge < -0.3 is 10.4 Å². The first-order valence-corrected chi connectivity index (χ1v) is 7.14. The van der Waals surface area contributed by atoms with Crippen LogP contribution in [0, 0.1) is 12.3 Å². The van der Waals surface area contributed by atoms with Crippen LogP contribution in [0.1, 0.15) is 54.2 Å². The molecular weight excluding hydrogens is 252 g/mol. The fraction of sp³-hybridized carbons (Fsp3) is 0.500. The van der Waals surface area contributed by atoms with Crippen LogP contribution in [0.15, 0.2) is 6.07 Å². The number of carboxylic acids is 1. The molecule has 0 radical (unpaired) electrons. The number of aromatic nitrogens is 1. The number of carbonyl (C=O) groups is 1. The molecule has 0 amide bonds. The maximum Gasteiger partial charge on any atom is 0.339 e. The molecule has 1 aliphatic carbocycles. The third-order valence-corrected chi connectivity index (χ3v) is 3.62. The van der Waals surface area contributed by atoms with Crippen LogP contribution in [0.4, 0.5) is 5.82 Å². The summed E-state index contributed by atoms with van der Waals surface area (Å²) in [6, 6.07) is 1.58. The van der Waals surface area contributed by atoms with Crippen LogP contribution in [0.3, 0.4) is 0 Å². The van der Waals surface area contributed by atoms with E-state index in [9.17, 15) is 9.90 Å². The summed E-state index contributed by atoms with van der Waals surface area (Å²) in [7, 11) is 0. The lowest BCUT2D eigenvalue weighted by Crippen LogP contribution is -2.21. The Balaban J connectivity index is 2.35. The molecule has 0 saturated heterocycles. The van der Waals surface area contributed by atoms with E-state index >= 15 is 0 Å². The van der Waals surface area contributed by atoms with Gasteiger partial charge in [0.1, 0.15) is 11.4 Å². The average Bonchev–Trinajstić information content (AvgIpc) is 2.45. The molecular formula is C16H20N2O2. The monoisotopic (exact) mass is 272 g/mol. The molecule has 20 heavy (non-hydrogen) atoms. The van der Waals surface area contributed by atoms with Crippen molar-refractivity contribution in [3.05, 3.63) is 22.9 Å². The zero-order chi connectivity index (χ0) is 14.5. The van der Waals surface area contributed by atoms with Gasteiger partial charge in [0.2, 0.25) is 0 Å². The van der Waals surface area contributed by atoms with E-state index in [-0.39, 0.29) is 11.6 Å². The second-order valence-electron chi connectivity index (χ2n) is 5.15. The van der Waals surface area contributed by atoms with Gasteiger partial charge in [0.05, 0.1) is 6.04 Å². The third-order valence-electron chi connectivity index (χ3n) is 3.62. The number of nitrogens with zero attached hydrogens (tertiary/aromatic N) is 1. The van der Waals surface area contributed by atoms with Crippen molar-refractivity contribution in [3.63, 3.8) is 0 Å². The summed E-state index contributed by atoms with van der Waals surface area (Å²) >= 11 is 0. The Morgan fingerprint density at radius 2 is 2.30 bits per heavy atom. The molecule has 0 spiro atoms. The molecule has 1 heterocycles. The van der Waals surface area contributed by atoms with Gasteiger partial charge in [0.15, 0.2) is 0 Å². The number of nitrogens with one attached hydrogen (secondary N) is 1. The normalized spacial score (nSPS) is 15.0. The molecule has 2 N–H and O–H groups in total. The third kappa shape index (κ3) is 3.11. The van der Waals surface area contributed by atoms with Gasteiger partial charge in [-0.25, -0.2) is 9.78 Å². The van der Waals surface area contributed by atoms with E-state index in [1.807, 2.05) is 6.92 Å². The Bertz CT molecular complexity index is 546. The van der Waals surface area contributed by atoms with Crippen molar-refractivity contribution in [2.24, 2.45) is 0 Å². The van der Waals surface area contributed by atoms with Crippen LogP contribution in [-0.2, 0) is 12.8 Å². The van der Waals surface area contributed by atoms with Gasteiger partial charge in [-0.2, -0.15) is 0 Å². The smallest absolute Gasteiger partial charge is 0.339 e. The Kier molecular flexibility index (Phi) is 4.62. The van der Waals surface area contributed by atoms with Crippen LogP contribution >= 0.6 is 0 Å². The number of fused-ring (bicyclic) bond motifs is 1. The fourth-order valence-electron chi connectivity index (χ4n) is 2.56. The highest BCUT2D eigenvalue weighted by Gasteiger charge is 2.20. The van der Waals surface area contributed by atoms with E-state index in [0.29, 0.717) is 5.82 Å².